The molecule has 8 heteroatoms. The smallest absolute Gasteiger partial charge is 0.310 e. The van der Waals surface area contributed by atoms with Gasteiger partial charge < -0.3 is 4.74 Å². The maximum atomic E-state index is 12.8. The van der Waals surface area contributed by atoms with Crippen LogP contribution >= 0.6 is 11.6 Å². The van der Waals surface area contributed by atoms with Gasteiger partial charge in [0, 0.05) is 17.6 Å². The van der Waals surface area contributed by atoms with Gasteiger partial charge in [0.2, 0.25) is 0 Å². The summed E-state index contributed by atoms with van der Waals surface area (Å²) in [4.78, 5) is 28.8. The van der Waals surface area contributed by atoms with Gasteiger partial charge in [-0.3, -0.25) is 18.8 Å². The lowest BCUT2D eigenvalue weighted by molar-refractivity contribution is -0.142. The van der Waals surface area contributed by atoms with E-state index < -0.39 is 0 Å². The highest BCUT2D eigenvalue weighted by Gasteiger charge is 2.17. The second-order valence-electron chi connectivity index (χ2n) is 5.18. The third-order valence-corrected chi connectivity index (χ3v) is 3.81. The molecule has 3 aromatic rings. The van der Waals surface area contributed by atoms with E-state index in [1.165, 1.54) is 15.6 Å². The van der Waals surface area contributed by atoms with Crippen LogP contribution in [0.3, 0.4) is 0 Å². The second-order valence-corrected chi connectivity index (χ2v) is 5.62. The standard InChI is InChI=1S/C16H15ClN4O3/c1-3-24-14(22)6-10-8-19-20(2)15(10)21-9-18-13-7-11(17)4-5-12(13)16(21)23/h4-5,7-9H,3,6H2,1-2H3. The van der Waals surface area contributed by atoms with Crippen LogP contribution in [-0.4, -0.2) is 31.9 Å². The van der Waals surface area contributed by atoms with Gasteiger partial charge in [-0.25, -0.2) is 4.98 Å². The average molecular weight is 347 g/mol. The van der Waals surface area contributed by atoms with Gasteiger partial charge in [-0.05, 0) is 25.1 Å². The van der Waals surface area contributed by atoms with Gasteiger partial charge in [0.15, 0.2) is 0 Å². The van der Waals surface area contributed by atoms with Crippen molar-refractivity contribution in [2.24, 2.45) is 7.05 Å². The quantitative estimate of drug-likeness (QED) is 0.674. The van der Waals surface area contributed by atoms with Crippen LogP contribution in [0.5, 0.6) is 0 Å². The number of esters is 1. The number of nitrogens with zero attached hydrogens (tertiary/aromatic N) is 4. The number of aryl methyl sites for hydroxylation is 1. The van der Waals surface area contributed by atoms with Crippen molar-refractivity contribution in [3.63, 3.8) is 0 Å². The monoisotopic (exact) mass is 346 g/mol. The van der Waals surface area contributed by atoms with Crippen LogP contribution in [0.15, 0.2) is 35.5 Å². The minimum atomic E-state index is -0.375. The van der Waals surface area contributed by atoms with E-state index in [9.17, 15) is 9.59 Å². The number of hydrogen-bond donors (Lipinski definition) is 0. The highest BCUT2D eigenvalue weighted by Crippen LogP contribution is 2.17. The van der Waals surface area contributed by atoms with Crippen molar-refractivity contribution in [1.82, 2.24) is 19.3 Å². The molecule has 0 atom stereocenters. The third kappa shape index (κ3) is 2.90. The Hall–Kier alpha value is -2.67. The molecule has 0 spiro atoms. The molecule has 0 radical (unpaired) electrons. The van der Waals surface area contributed by atoms with Crippen molar-refractivity contribution >= 4 is 28.5 Å². The van der Waals surface area contributed by atoms with E-state index in [-0.39, 0.29) is 17.9 Å². The Morgan fingerprint density at radius 3 is 2.92 bits per heavy atom. The zero-order valence-corrected chi connectivity index (χ0v) is 13.9. The molecule has 0 unspecified atom stereocenters. The van der Waals surface area contributed by atoms with E-state index in [0.717, 1.165) is 0 Å². The van der Waals surface area contributed by atoms with Gasteiger partial charge in [0.05, 0.1) is 30.1 Å². The van der Waals surface area contributed by atoms with Crippen molar-refractivity contribution < 1.29 is 9.53 Å². The van der Waals surface area contributed by atoms with E-state index >= 15 is 0 Å². The number of carbonyl (C=O) groups excluding carboxylic acids is 1. The normalized spacial score (nSPS) is 11.0. The summed E-state index contributed by atoms with van der Waals surface area (Å²) >= 11 is 5.93. The zero-order chi connectivity index (χ0) is 17.3. The van der Waals surface area contributed by atoms with Crippen LogP contribution in [0.25, 0.3) is 16.7 Å². The maximum Gasteiger partial charge on any atom is 0.310 e. The van der Waals surface area contributed by atoms with Gasteiger partial charge in [0.25, 0.3) is 5.56 Å². The molecule has 0 aliphatic heterocycles. The molecule has 0 aliphatic rings. The molecular weight excluding hydrogens is 332 g/mol. The van der Waals surface area contributed by atoms with E-state index in [1.807, 2.05) is 0 Å². The Labute approximate surface area is 142 Å². The second kappa shape index (κ2) is 6.45. The first-order chi connectivity index (χ1) is 11.5. The molecule has 124 valence electrons. The Morgan fingerprint density at radius 2 is 2.17 bits per heavy atom. The zero-order valence-electron chi connectivity index (χ0n) is 13.2. The molecule has 7 nitrogen and oxygen atoms in total. The molecule has 0 fully saturated rings. The predicted molar refractivity (Wildman–Crippen MR) is 89.5 cm³/mol. The molecule has 1 aromatic carbocycles. The van der Waals surface area contributed by atoms with E-state index in [2.05, 4.69) is 10.1 Å². The summed E-state index contributed by atoms with van der Waals surface area (Å²) in [6, 6.07) is 4.90. The number of rotatable bonds is 4. The minimum absolute atomic E-state index is 0.0299. The number of hydrogen-bond acceptors (Lipinski definition) is 5. The van der Waals surface area contributed by atoms with Crippen molar-refractivity contribution in [2.75, 3.05) is 6.61 Å². The lowest BCUT2D eigenvalue weighted by Gasteiger charge is -2.10. The largest absolute Gasteiger partial charge is 0.466 e. The van der Waals surface area contributed by atoms with E-state index in [1.54, 1.807) is 38.4 Å². The summed E-state index contributed by atoms with van der Waals surface area (Å²) in [7, 11) is 1.70. The molecular formula is C16H15ClN4O3. The van der Waals surface area contributed by atoms with E-state index in [0.29, 0.717) is 33.9 Å². The molecule has 3 rings (SSSR count). The van der Waals surface area contributed by atoms with Gasteiger partial charge in [0.1, 0.15) is 12.1 Å². The average Bonchev–Trinajstić information content (AvgIpc) is 2.88. The van der Waals surface area contributed by atoms with Gasteiger partial charge in [-0.15, -0.1) is 0 Å². The number of ether oxygens (including phenoxy) is 1. The first-order valence-electron chi connectivity index (χ1n) is 7.35. The number of carbonyl (C=O) groups is 1. The fraction of sp³-hybridized carbons (Fsp3) is 0.250. The predicted octanol–water partition coefficient (Wildman–Crippen LogP) is 1.88. The molecule has 2 heterocycles. The van der Waals surface area contributed by atoms with Crippen molar-refractivity contribution in [1.29, 1.82) is 0 Å². The third-order valence-electron chi connectivity index (χ3n) is 3.57. The number of halogens is 1. The summed E-state index contributed by atoms with van der Waals surface area (Å²) in [6.07, 6.45) is 2.99. The minimum Gasteiger partial charge on any atom is -0.466 e. The highest BCUT2D eigenvalue weighted by molar-refractivity contribution is 6.31. The van der Waals surface area contributed by atoms with Gasteiger partial charge in [-0.1, -0.05) is 11.6 Å². The van der Waals surface area contributed by atoms with Crippen LogP contribution in [0.2, 0.25) is 5.02 Å². The van der Waals surface area contributed by atoms with Crippen molar-refractivity contribution in [2.45, 2.75) is 13.3 Å². The molecule has 2 aromatic heterocycles. The first kappa shape index (κ1) is 16.2. The van der Waals surface area contributed by atoms with Gasteiger partial charge in [-0.2, -0.15) is 5.10 Å². The van der Waals surface area contributed by atoms with Crippen molar-refractivity contribution in [3.8, 4) is 5.82 Å². The van der Waals surface area contributed by atoms with Crippen LogP contribution in [0.4, 0.5) is 0 Å². The topological polar surface area (TPSA) is 79.0 Å². The molecule has 0 bridgehead atoms. The first-order valence-corrected chi connectivity index (χ1v) is 7.73. The molecule has 0 aliphatic carbocycles. The van der Waals surface area contributed by atoms with Gasteiger partial charge >= 0.3 is 5.97 Å². The number of aromatic nitrogens is 4. The maximum absolute atomic E-state index is 12.8. The number of benzene rings is 1. The van der Waals surface area contributed by atoms with Crippen molar-refractivity contribution in [3.05, 3.63) is 51.7 Å². The summed E-state index contributed by atoms with van der Waals surface area (Å²) < 4.78 is 7.87. The Bertz CT molecular complexity index is 977. The summed E-state index contributed by atoms with van der Waals surface area (Å²) in [5, 5.41) is 5.09. The Morgan fingerprint density at radius 1 is 1.38 bits per heavy atom. The lowest BCUT2D eigenvalue weighted by atomic mass is 10.2. The van der Waals surface area contributed by atoms with Crippen LogP contribution in [0.1, 0.15) is 12.5 Å². The molecule has 24 heavy (non-hydrogen) atoms. The fourth-order valence-corrected chi connectivity index (χ4v) is 2.69. The summed E-state index contributed by atoms with van der Waals surface area (Å²) in [5.74, 6) is 0.109. The lowest BCUT2D eigenvalue weighted by Crippen LogP contribution is -2.23. The molecule has 0 saturated carbocycles. The van der Waals surface area contributed by atoms with Crippen LogP contribution < -0.4 is 5.56 Å². The molecule has 0 saturated heterocycles. The highest BCUT2D eigenvalue weighted by atomic mass is 35.5. The molecule has 0 N–H and O–H groups in total. The fourth-order valence-electron chi connectivity index (χ4n) is 2.52. The number of fused-ring (bicyclic) bond motifs is 1. The Balaban J connectivity index is 2.13. The summed E-state index contributed by atoms with van der Waals surface area (Å²) in [5.41, 5.74) is 0.844. The Kier molecular flexibility index (Phi) is 4.35. The summed E-state index contributed by atoms with van der Waals surface area (Å²) in [6.45, 7) is 2.04. The SMILES string of the molecule is CCOC(=O)Cc1cnn(C)c1-n1cnc2cc(Cl)ccc2c1=O. The van der Waals surface area contributed by atoms with E-state index in [4.69, 9.17) is 16.3 Å². The van der Waals surface area contributed by atoms with Crippen LogP contribution in [0, 0.1) is 0 Å². The van der Waals surface area contributed by atoms with Crippen LogP contribution in [-0.2, 0) is 23.0 Å². The molecule has 0 amide bonds.